The van der Waals surface area contributed by atoms with Gasteiger partial charge < -0.3 is 20.2 Å². The third-order valence-electron chi connectivity index (χ3n) is 5.60. The summed E-state index contributed by atoms with van der Waals surface area (Å²) in [6.45, 7) is 8.18. The number of carboxylic acids is 1. The molecule has 3 rings (SSSR count). The number of carbonyl (C=O) groups excluding carboxylic acids is 2. The Hall–Kier alpha value is -2.57. The highest BCUT2D eigenvalue weighted by Crippen LogP contribution is 2.58. The van der Waals surface area contributed by atoms with E-state index in [1.807, 2.05) is 29.2 Å². The molecule has 7 nitrogen and oxygen atoms in total. The fraction of sp³-hybridized carbons (Fsp3) is 0.526. The summed E-state index contributed by atoms with van der Waals surface area (Å²) in [5.74, 6) is -2.19. The number of rotatable bonds is 4. The van der Waals surface area contributed by atoms with E-state index in [0.29, 0.717) is 18.8 Å². The normalized spacial score (nSPS) is 24.1. The molecule has 0 bridgehead atoms. The zero-order valence-corrected chi connectivity index (χ0v) is 15.4. The number of nitrogens with one attached hydrogen (secondary N) is 1. The highest BCUT2D eigenvalue weighted by molar-refractivity contribution is 5.99. The van der Waals surface area contributed by atoms with Crippen LogP contribution in [-0.4, -0.2) is 54.0 Å². The summed E-state index contributed by atoms with van der Waals surface area (Å²) in [4.78, 5) is 39.0. The van der Waals surface area contributed by atoms with Gasteiger partial charge in [-0.15, -0.1) is 0 Å². The maximum Gasteiger partial charge on any atom is 0.307 e. The van der Waals surface area contributed by atoms with Crippen LogP contribution in [-0.2, 0) is 14.4 Å². The second-order valence-corrected chi connectivity index (χ2v) is 7.64. The number of piperazine rings is 1. The van der Waals surface area contributed by atoms with Gasteiger partial charge in [0.25, 0.3) is 0 Å². The van der Waals surface area contributed by atoms with Crippen LogP contribution in [0, 0.1) is 17.3 Å². The maximum absolute atomic E-state index is 12.4. The van der Waals surface area contributed by atoms with E-state index in [-0.39, 0.29) is 11.8 Å². The summed E-state index contributed by atoms with van der Waals surface area (Å²) in [6.07, 6.45) is 0. The molecular formula is C19H25N3O4. The van der Waals surface area contributed by atoms with Gasteiger partial charge in [0.1, 0.15) is 0 Å². The number of hydrogen-bond acceptors (Lipinski definition) is 4. The second kappa shape index (κ2) is 6.63. The topological polar surface area (TPSA) is 90.0 Å². The van der Waals surface area contributed by atoms with Gasteiger partial charge in [0, 0.05) is 44.5 Å². The van der Waals surface area contributed by atoms with Crippen LogP contribution in [0.15, 0.2) is 24.3 Å². The average molecular weight is 359 g/mol. The van der Waals surface area contributed by atoms with Crippen molar-refractivity contribution in [3.63, 3.8) is 0 Å². The third kappa shape index (κ3) is 3.38. The smallest absolute Gasteiger partial charge is 0.307 e. The van der Waals surface area contributed by atoms with Crippen LogP contribution in [0.25, 0.3) is 0 Å². The zero-order chi connectivity index (χ0) is 19.1. The Labute approximate surface area is 153 Å². The minimum absolute atomic E-state index is 0.102. The van der Waals surface area contributed by atoms with Crippen molar-refractivity contribution in [1.82, 2.24) is 4.90 Å². The lowest BCUT2D eigenvalue weighted by atomic mass is 10.1. The van der Waals surface area contributed by atoms with Crippen molar-refractivity contribution in [3.8, 4) is 0 Å². The van der Waals surface area contributed by atoms with Gasteiger partial charge in [0.05, 0.1) is 11.8 Å². The summed E-state index contributed by atoms with van der Waals surface area (Å²) in [7, 11) is 0. The first-order valence-electron chi connectivity index (χ1n) is 8.86. The predicted molar refractivity (Wildman–Crippen MR) is 97.9 cm³/mol. The molecule has 2 atom stereocenters. The molecular weight excluding hydrogens is 334 g/mol. The molecule has 1 aliphatic heterocycles. The average Bonchev–Trinajstić information content (AvgIpc) is 3.18. The number of carboxylic acid groups (broad SMARTS) is 1. The van der Waals surface area contributed by atoms with Crippen LogP contribution < -0.4 is 10.2 Å². The molecule has 1 saturated heterocycles. The Kier molecular flexibility index (Phi) is 4.64. The molecule has 1 aromatic carbocycles. The first kappa shape index (κ1) is 18.2. The van der Waals surface area contributed by atoms with Gasteiger partial charge in [0.2, 0.25) is 11.8 Å². The lowest BCUT2D eigenvalue weighted by Crippen LogP contribution is -2.48. The molecule has 0 radical (unpaired) electrons. The summed E-state index contributed by atoms with van der Waals surface area (Å²) in [5, 5.41) is 12.0. The fourth-order valence-electron chi connectivity index (χ4n) is 3.84. The lowest BCUT2D eigenvalue weighted by Gasteiger charge is -2.35. The third-order valence-corrected chi connectivity index (χ3v) is 5.60. The van der Waals surface area contributed by atoms with E-state index >= 15 is 0 Å². The number of anilines is 2. The summed E-state index contributed by atoms with van der Waals surface area (Å²) >= 11 is 0. The molecule has 1 aliphatic carbocycles. The van der Waals surface area contributed by atoms with Crippen molar-refractivity contribution in [2.45, 2.75) is 20.8 Å². The summed E-state index contributed by atoms with van der Waals surface area (Å²) < 4.78 is 0. The van der Waals surface area contributed by atoms with Crippen molar-refractivity contribution in [2.75, 3.05) is 36.4 Å². The monoisotopic (exact) mass is 359 g/mol. The molecule has 2 aliphatic rings. The van der Waals surface area contributed by atoms with E-state index in [4.69, 9.17) is 0 Å². The van der Waals surface area contributed by atoms with E-state index in [0.717, 1.165) is 18.8 Å². The Morgan fingerprint density at radius 1 is 1.04 bits per heavy atom. The molecule has 2 unspecified atom stereocenters. The van der Waals surface area contributed by atoms with Crippen LogP contribution in [0.5, 0.6) is 0 Å². The highest BCUT2D eigenvalue weighted by atomic mass is 16.4. The minimum Gasteiger partial charge on any atom is -0.481 e. The van der Waals surface area contributed by atoms with Crippen molar-refractivity contribution in [2.24, 2.45) is 17.3 Å². The molecule has 2 amide bonds. The minimum atomic E-state index is -0.921. The van der Waals surface area contributed by atoms with E-state index in [2.05, 4.69) is 10.2 Å². The molecule has 1 saturated carbocycles. The Morgan fingerprint density at radius 3 is 2.08 bits per heavy atom. The Bertz CT molecular complexity index is 721. The summed E-state index contributed by atoms with van der Waals surface area (Å²) in [6, 6.07) is 7.53. The van der Waals surface area contributed by atoms with Crippen LogP contribution in [0.1, 0.15) is 20.8 Å². The number of nitrogens with zero attached hydrogens (tertiary/aromatic N) is 2. The summed E-state index contributed by atoms with van der Waals surface area (Å²) in [5.41, 5.74) is 1.20. The van der Waals surface area contributed by atoms with Crippen molar-refractivity contribution in [3.05, 3.63) is 24.3 Å². The van der Waals surface area contributed by atoms with Gasteiger partial charge >= 0.3 is 5.97 Å². The molecule has 0 aromatic heterocycles. The first-order chi connectivity index (χ1) is 12.2. The number of carbonyl (C=O) groups is 3. The zero-order valence-electron chi connectivity index (χ0n) is 15.4. The van der Waals surface area contributed by atoms with E-state index < -0.39 is 23.2 Å². The van der Waals surface area contributed by atoms with Crippen LogP contribution in [0.3, 0.4) is 0 Å². The van der Waals surface area contributed by atoms with Crippen LogP contribution in [0.4, 0.5) is 11.4 Å². The van der Waals surface area contributed by atoms with Gasteiger partial charge in [-0.1, -0.05) is 13.8 Å². The molecule has 1 aromatic rings. The molecule has 140 valence electrons. The first-order valence-corrected chi connectivity index (χ1v) is 8.86. The second-order valence-electron chi connectivity index (χ2n) is 7.64. The van der Waals surface area contributed by atoms with Gasteiger partial charge in [0.15, 0.2) is 0 Å². The maximum atomic E-state index is 12.4. The molecule has 26 heavy (non-hydrogen) atoms. The predicted octanol–water partition coefficient (Wildman–Crippen LogP) is 1.65. The molecule has 2 fully saturated rings. The quantitative estimate of drug-likeness (QED) is 0.853. The van der Waals surface area contributed by atoms with Crippen molar-refractivity contribution >= 4 is 29.2 Å². The van der Waals surface area contributed by atoms with E-state index in [1.165, 1.54) is 0 Å². The van der Waals surface area contributed by atoms with Gasteiger partial charge in [-0.25, -0.2) is 0 Å². The Morgan fingerprint density at radius 2 is 1.62 bits per heavy atom. The molecule has 2 N–H and O–H groups in total. The standard InChI is InChI=1S/C19H25N3O4/c1-12(23)21-8-10-22(11-9-21)14-6-4-13(5-7-14)20-17(24)15-16(18(25)26)19(15,2)3/h4-7,15-16H,8-11H2,1-3H3,(H,20,24)(H,25,26). The highest BCUT2D eigenvalue weighted by Gasteiger charge is 2.65. The fourth-order valence-corrected chi connectivity index (χ4v) is 3.84. The molecule has 0 spiro atoms. The number of aliphatic carboxylic acids is 1. The van der Waals surface area contributed by atoms with Crippen LogP contribution in [0.2, 0.25) is 0 Å². The number of hydrogen-bond donors (Lipinski definition) is 2. The van der Waals surface area contributed by atoms with Crippen molar-refractivity contribution < 1.29 is 19.5 Å². The van der Waals surface area contributed by atoms with Gasteiger partial charge in [-0.05, 0) is 29.7 Å². The molecule has 7 heteroatoms. The van der Waals surface area contributed by atoms with Gasteiger partial charge in [-0.3, -0.25) is 14.4 Å². The number of amides is 2. The van der Waals surface area contributed by atoms with Crippen molar-refractivity contribution in [1.29, 1.82) is 0 Å². The van der Waals surface area contributed by atoms with Gasteiger partial charge in [-0.2, -0.15) is 0 Å². The lowest BCUT2D eigenvalue weighted by molar-refractivity contribution is -0.140. The SMILES string of the molecule is CC(=O)N1CCN(c2ccc(NC(=O)C3C(C(=O)O)C3(C)C)cc2)CC1. The van der Waals surface area contributed by atoms with E-state index in [9.17, 15) is 19.5 Å². The molecule has 1 heterocycles. The van der Waals surface area contributed by atoms with E-state index in [1.54, 1.807) is 20.8 Å². The largest absolute Gasteiger partial charge is 0.481 e. The van der Waals surface area contributed by atoms with Crippen LogP contribution >= 0.6 is 0 Å². The number of benzene rings is 1. The Balaban J connectivity index is 1.58.